The van der Waals surface area contributed by atoms with Gasteiger partial charge < -0.3 is 15.0 Å². The van der Waals surface area contributed by atoms with Gasteiger partial charge in [0.05, 0.1) is 13.2 Å². The van der Waals surface area contributed by atoms with Gasteiger partial charge in [0.25, 0.3) is 0 Å². The smallest absolute Gasteiger partial charge is 0.322 e. The minimum absolute atomic E-state index is 0.0381. The number of methoxy groups -OCH3 is 1. The number of nitrogens with one attached hydrogen (secondary N) is 1. The van der Waals surface area contributed by atoms with Crippen LogP contribution in [0.5, 0.6) is 5.75 Å². The maximum Gasteiger partial charge on any atom is 0.322 e. The fraction of sp³-hybridized carbons (Fsp3) is 0.278. The molecule has 0 saturated heterocycles. The molecule has 0 unspecified atom stereocenters. The summed E-state index contributed by atoms with van der Waals surface area (Å²) < 4.78 is 5.26. The molecule has 0 bridgehead atoms. The summed E-state index contributed by atoms with van der Waals surface area (Å²) in [5.74, 6) is 0.795. The zero-order chi connectivity index (χ0) is 15.9. The van der Waals surface area contributed by atoms with Gasteiger partial charge in [-0.05, 0) is 43.7 Å². The first kappa shape index (κ1) is 15.9. The van der Waals surface area contributed by atoms with Crippen molar-refractivity contribution in [3.63, 3.8) is 0 Å². The van der Waals surface area contributed by atoms with Crippen LogP contribution >= 0.6 is 0 Å². The van der Waals surface area contributed by atoms with Gasteiger partial charge in [-0.2, -0.15) is 0 Å². The topological polar surface area (TPSA) is 41.6 Å². The Hall–Kier alpha value is -2.49. The molecular weight excluding hydrogens is 276 g/mol. The molecule has 2 rings (SSSR count). The summed E-state index contributed by atoms with van der Waals surface area (Å²) in [7, 11) is 1.64. The van der Waals surface area contributed by atoms with Crippen LogP contribution in [0.15, 0.2) is 54.6 Å². The fourth-order valence-electron chi connectivity index (χ4n) is 2.39. The van der Waals surface area contributed by atoms with Crippen LogP contribution in [0.2, 0.25) is 0 Å². The Balaban J connectivity index is 2.14. The van der Waals surface area contributed by atoms with Crippen molar-refractivity contribution < 1.29 is 9.53 Å². The summed E-state index contributed by atoms with van der Waals surface area (Å²) in [4.78, 5) is 14.3. The van der Waals surface area contributed by atoms with E-state index in [2.05, 4.69) is 5.32 Å². The molecule has 116 valence electrons. The van der Waals surface area contributed by atoms with E-state index in [1.54, 1.807) is 12.0 Å². The summed E-state index contributed by atoms with van der Waals surface area (Å²) in [5.41, 5.74) is 1.84. The van der Waals surface area contributed by atoms with E-state index in [1.165, 1.54) is 0 Å². The van der Waals surface area contributed by atoms with Gasteiger partial charge in [-0.15, -0.1) is 0 Å². The van der Waals surface area contributed by atoms with Crippen molar-refractivity contribution in [2.45, 2.75) is 19.9 Å². The van der Waals surface area contributed by atoms with Gasteiger partial charge in [0, 0.05) is 12.2 Å². The lowest BCUT2D eigenvalue weighted by molar-refractivity contribution is 0.197. The number of rotatable bonds is 5. The molecule has 2 aromatic carbocycles. The number of anilines is 1. The third kappa shape index (κ3) is 3.79. The van der Waals surface area contributed by atoms with Gasteiger partial charge in [0.1, 0.15) is 5.75 Å². The predicted molar refractivity (Wildman–Crippen MR) is 89.2 cm³/mol. The zero-order valence-electron chi connectivity index (χ0n) is 13.2. The number of benzene rings is 2. The Labute approximate surface area is 131 Å². The van der Waals surface area contributed by atoms with E-state index in [1.807, 2.05) is 68.4 Å². The highest BCUT2D eigenvalue weighted by atomic mass is 16.5. The number of hydrogen-bond donors (Lipinski definition) is 1. The van der Waals surface area contributed by atoms with E-state index in [-0.39, 0.29) is 12.1 Å². The third-order valence-corrected chi connectivity index (χ3v) is 3.67. The van der Waals surface area contributed by atoms with Crippen LogP contribution in [0.4, 0.5) is 10.5 Å². The first-order valence-electron chi connectivity index (χ1n) is 7.42. The van der Waals surface area contributed by atoms with Crippen LogP contribution < -0.4 is 10.1 Å². The van der Waals surface area contributed by atoms with Gasteiger partial charge in [0.15, 0.2) is 0 Å². The maximum atomic E-state index is 12.5. The minimum atomic E-state index is -0.107. The van der Waals surface area contributed by atoms with Crippen molar-refractivity contribution in [1.82, 2.24) is 4.90 Å². The van der Waals surface area contributed by atoms with Gasteiger partial charge in [-0.1, -0.05) is 30.3 Å². The largest absolute Gasteiger partial charge is 0.497 e. The fourth-order valence-corrected chi connectivity index (χ4v) is 2.39. The number of hydrogen-bond acceptors (Lipinski definition) is 2. The van der Waals surface area contributed by atoms with Crippen LogP contribution in [0.25, 0.3) is 0 Å². The number of para-hydroxylation sites is 1. The van der Waals surface area contributed by atoms with Gasteiger partial charge >= 0.3 is 6.03 Å². The van der Waals surface area contributed by atoms with Crippen molar-refractivity contribution in [1.29, 1.82) is 0 Å². The highest BCUT2D eigenvalue weighted by Gasteiger charge is 2.20. The molecule has 1 atom stereocenters. The average molecular weight is 298 g/mol. The molecule has 0 spiro atoms. The van der Waals surface area contributed by atoms with E-state index in [9.17, 15) is 4.79 Å². The molecule has 0 aromatic heterocycles. The van der Waals surface area contributed by atoms with Gasteiger partial charge in [-0.3, -0.25) is 0 Å². The molecule has 0 aliphatic carbocycles. The number of carbonyl (C=O) groups is 1. The quantitative estimate of drug-likeness (QED) is 0.893. The minimum Gasteiger partial charge on any atom is -0.497 e. The van der Waals surface area contributed by atoms with Crippen molar-refractivity contribution in [2.75, 3.05) is 19.0 Å². The summed E-state index contributed by atoms with van der Waals surface area (Å²) >= 11 is 0. The number of ether oxygens (including phenoxy) is 1. The van der Waals surface area contributed by atoms with Crippen molar-refractivity contribution >= 4 is 11.7 Å². The lowest BCUT2D eigenvalue weighted by Crippen LogP contribution is -2.36. The first-order valence-corrected chi connectivity index (χ1v) is 7.42. The number of carbonyl (C=O) groups excluding carboxylic acids is 1. The SMILES string of the molecule is CCN(C(=O)Nc1ccccc1)[C@H](C)c1cccc(OC)c1. The maximum absolute atomic E-state index is 12.5. The standard InChI is InChI=1S/C18H22N2O2/c1-4-20(18(21)19-16-10-6-5-7-11-16)14(2)15-9-8-12-17(13-15)22-3/h5-14H,4H2,1-3H3,(H,19,21)/t14-/m1/s1. The number of urea groups is 1. The molecule has 0 aliphatic heterocycles. The van der Waals surface area contributed by atoms with Crippen molar-refractivity contribution in [2.24, 2.45) is 0 Å². The van der Waals surface area contributed by atoms with Crippen LogP contribution in [0.3, 0.4) is 0 Å². The predicted octanol–water partition coefficient (Wildman–Crippen LogP) is 4.31. The van der Waals surface area contributed by atoms with Crippen LogP contribution in [-0.4, -0.2) is 24.6 Å². The highest BCUT2D eigenvalue weighted by molar-refractivity contribution is 5.89. The van der Waals surface area contributed by atoms with Crippen LogP contribution in [0, 0.1) is 0 Å². The molecule has 4 heteroatoms. The third-order valence-electron chi connectivity index (χ3n) is 3.67. The van der Waals surface area contributed by atoms with Crippen molar-refractivity contribution in [3.8, 4) is 5.75 Å². The Morgan fingerprint density at radius 3 is 2.55 bits per heavy atom. The molecule has 22 heavy (non-hydrogen) atoms. The molecular formula is C18H22N2O2. The molecule has 0 heterocycles. The Morgan fingerprint density at radius 2 is 1.91 bits per heavy atom. The second kappa shape index (κ2) is 7.50. The average Bonchev–Trinajstić information content (AvgIpc) is 2.56. The van der Waals surface area contributed by atoms with E-state index in [0.717, 1.165) is 17.0 Å². The highest BCUT2D eigenvalue weighted by Crippen LogP contribution is 2.24. The van der Waals surface area contributed by atoms with E-state index >= 15 is 0 Å². The Bertz CT molecular complexity index is 613. The summed E-state index contributed by atoms with van der Waals surface area (Å²) in [6.45, 7) is 4.61. The molecule has 0 radical (unpaired) electrons. The van der Waals surface area contributed by atoms with E-state index in [0.29, 0.717) is 6.54 Å². The summed E-state index contributed by atoms with van der Waals surface area (Å²) in [5, 5.41) is 2.93. The van der Waals surface area contributed by atoms with E-state index < -0.39 is 0 Å². The molecule has 2 aromatic rings. The molecule has 4 nitrogen and oxygen atoms in total. The number of amides is 2. The van der Waals surface area contributed by atoms with E-state index in [4.69, 9.17) is 4.74 Å². The summed E-state index contributed by atoms with van der Waals surface area (Å²) in [6.07, 6.45) is 0. The Morgan fingerprint density at radius 1 is 1.18 bits per heavy atom. The summed E-state index contributed by atoms with van der Waals surface area (Å²) in [6, 6.07) is 17.1. The molecule has 1 N–H and O–H groups in total. The second-order valence-electron chi connectivity index (χ2n) is 5.03. The van der Waals surface area contributed by atoms with Crippen LogP contribution in [-0.2, 0) is 0 Å². The lowest BCUT2D eigenvalue weighted by atomic mass is 10.1. The van der Waals surface area contributed by atoms with Crippen molar-refractivity contribution in [3.05, 3.63) is 60.2 Å². The lowest BCUT2D eigenvalue weighted by Gasteiger charge is -2.28. The van der Waals surface area contributed by atoms with Crippen LogP contribution in [0.1, 0.15) is 25.5 Å². The molecule has 2 amide bonds. The zero-order valence-corrected chi connectivity index (χ0v) is 13.2. The molecule has 0 aliphatic rings. The number of nitrogens with zero attached hydrogens (tertiary/aromatic N) is 1. The normalized spacial score (nSPS) is 11.6. The monoisotopic (exact) mass is 298 g/mol. The van der Waals surface area contributed by atoms with Gasteiger partial charge in [-0.25, -0.2) is 4.79 Å². The second-order valence-corrected chi connectivity index (χ2v) is 5.03. The molecule has 0 saturated carbocycles. The van der Waals surface area contributed by atoms with Gasteiger partial charge in [0.2, 0.25) is 0 Å². The first-order chi connectivity index (χ1) is 10.7. The molecule has 0 fully saturated rings. The Kier molecular flexibility index (Phi) is 5.42.